The van der Waals surface area contributed by atoms with Gasteiger partial charge in [-0.3, -0.25) is 4.79 Å². The Morgan fingerprint density at radius 1 is 0.938 bits per heavy atom. The van der Waals surface area contributed by atoms with E-state index in [4.69, 9.17) is 13.9 Å². The van der Waals surface area contributed by atoms with E-state index < -0.39 is 18.0 Å². The van der Waals surface area contributed by atoms with E-state index in [0.29, 0.717) is 22.5 Å². The highest BCUT2D eigenvalue weighted by atomic mass is 16.5. The molecule has 1 unspecified atom stereocenters. The molecule has 7 nitrogen and oxygen atoms in total. The molecule has 0 aliphatic rings. The molecule has 3 aromatic carbocycles. The number of oxazole rings is 1. The number of esters is 1. The highest BCUT2D eigenvalue weighted by molar-refractivity contribution is 5.96. The average Bonchev–Trinajstić information content (AvgIpc) is 3.23. The van der Waals surface area contributed by atoms with Crippen molar-refractivity contribution in [3.63, 3.8) is 0 Å². The third kappa shape index (κ3) is 5.40. The van der Waals surface area contributed by atoms with Crippen molar-refractivity contribution in [2.24, 2.45) is 0 Å². The molecule has 0 radical (unpaired) electrons. The fraction of sp³-hybridized carbons (Fsp3) is 0.0800. The molecule has 1 N–H and O–H groups in total. The van der Waals surface area contributed by atoms with Gasteiger partial charge < -0.3 is 19.2 Å². The first-order chi connectivity index (χ1) is 15.6. The first kappa shape index (κ1) is 20.9. The van der Waals surface area contributed by atoms with Crippen LogP contribution in [0.25, 0.3) is 17.2 Å². The lowest BCUT2D eigenvalue weighted by Gasteiger charge is -2.13. The third-order valence-corrected chi connectivity index (χ3v) is 4.44. The lowest BCUT2D eigenvalue weighted by atomic mass is 10.2. The van der Waals surface area contributed by atoms with Gasteiger partial charge in [0.1, 0.15) is 17.0 Å². The van der Waals surface area contributed by atoms with Crippen LogP contribution in [0, 0.1) is 0 Å². The minimum absolute atomic E-state index is 0.276. The minimum atomic E-state index is -0.990. The van der Waals surface area contributed by atoms with Crippen molar-refractivity contribution in [3.8, 4) is 11.5 Å². The van der Waals surface area contributed by atoms with Crippen molar-refractivity contribution in [2.45, 2.75) is 13.0 Å². The van der Waals surface area contributed by atoms with E-state index in [0.717, 1.165) is 5.75 Å². The normalized spacial score (nSPS) is 11.9. The molecular weight excluding hydrogens is 408 g/mol. The van der Waals surface area contributed by atoms with Gasteiger partial charge in [-0.1, -0.05) is 30.3 Å². The molecule has 7 heteroatoms. The van der Waals surface area contributed by atoms with Crippen LogP contribution in [0.5, 0.6) is 11.5 Å². The van der Waals surface area contributed by atoms with E-state index in [1.54, 1.807) is 36.4 Å². The Kier molecular flexibility index (Phi) is 6.27. The van der Waals surface area contributed by atoms with Crippen molar-refractivity contribution < 1.29 is 23.5 Å². The Balaban J connectivity index is 1.28. The van der Waals surface area contributed by atoms with Gasteiger partial charge in [0, 0.05) is 17.8 Å². The number of nitrogens with one attached hydrogen (secondary N) is 1. The van der Waals surface area contributed by atoms with Crippen LogP contribution in [-0.4, -0.2) is 23.0 Å². The molecule has 0 fully saturated rings. The van der Waals surface area contributed by atoms with Gasteiger partial charge in [-0.05, 0) is 55.5 Å². The van der Waals surface area contributed by atoms with Crippen LogP contribution in [0.4, 0.5) is 5.69 Å². The minimum Gasteiger partial charge on any atom is -0.457 e. The maximum atomic E-state index is 12.3. The van der Waals surface area contributed by atoms with E-state index in [9.17, 15) is 9.59 Å². The Morgan fingerprint density at radius 3 is 2.38 bits per heavy atom. The third-order valence-electron chi connectivity index (χ3n) is 4.44. The van der Waals surface area contributed by atoms with Crippen LogP contribution in [0.1, 0.15) is 12.8 Å². The van der Waals surface area contributed by atoms with Crippen molar-refractivity contribution in [1.29, 1.82) is 0 Å². The number of amides is 1. The van der Waals surface area contributed by atoms with Crippen molar-refractivity contribution in [2.75, 3.05) is 5.32 Å². The van der Waals surface area contributed by atoms with Gasteiger partial charge in [-0.2, -0.15) is 0 Å². The zero-order chi connectivity index (χ0) is 22.3. The molecular formula is C25H20N2O5. The maximum Gasteiger partial charge on any atom is 0.331 e. The van der Waals surface area contributed by atoms with Gasteiger partial charge in [-0.15, -0.1) is 0 Å². The van der Waals surface area contributed by atoms with Crippen molar-refractivity contribution >= 4 is 34.7 Å². The second-order valence-electron chi connectivity index (χ2n) is 6.86. The molecule has 1 amide bonds. The number of nitrogens with zero attached hydrogens (tertiary/aromatic N) is 1. The van der Waals surface area contributed by atoms with Crippen LogP contribution in [-0.2, 0) is 14.3 Å². The summed E-state index contributed by atoms with van der Waals surface area (Å²) in [6.07, 6.45) is 1.58. The molecule has 4 rings (SSSR count). The summed E-state index contributed by atoms with van der Waals surface area (Å²) in [6, 6.07) is 23.5. The Labute approximate surface area is 184 Å². The molecule has 1 aromatic heterocycles. The quantitative estimate of drug-likeness (QED) is 0.321. The summed E-state index contributed by atoms with van der Waals surface area (Å²) < 4.78 is 16.4. The largest absolute Gasteiger partial charge is 0.457 e. The summed E-state index contributed by atoms with van der Waals surface area (Å²) in [5.41, 5.74) is 1.86. The molecule has 0 spiro atoms. The topological polar surface area (TPSA) is 90.7 Å². The maximum absolute atomic E-state index is 12.3. The first-order valence-electron chi connectivity index (χ1n) is 9.95. The molecule has 4 aromatic rings. The Morgan fingerprint density at radius 2 is 1.62 bits per heavy atom. The summed E-state index contributed by atoms with van der Waals surface area (Å²) in [5, 5.41) is 2.70. The lowest BCUT2D eigenvalue weighted by molar-refractivity contribution is -0.148. The van der Waals surface area contributed by atoms with Gasteiger partial charge in [0.25, 0.3) is 5.91 Å². The molecule has 0 aliphatic carbocycles. The van der Waals surface area contributed by atoms with E-state index in [1.165, 1.54) is 19.1 Å². The predicted octanol–water partition coefficient (Wildman–Crippen LogP) is 5.20. The van der Waals surface area contributed by atoms with Crippen molar-refractivity contribution in [1.82, 2.24) is 4.98 Å². The van der Waals surface area contributed by atoms with Crippen LogP contribution in [0.3, 0.4) is 0 Å². The van der Waals surface area contributed by atoms with E-state index >= 15 is 0 Å². The molecule has 32 heavy (non-hydrogen) atoms. The highest BCUT2D eigenvalue weighted by Crippen LogP contribution is 2.22. The Hall–Kier alpha value is -4.39. The molecule has 0 bridgehead atoms. The number of carbonyl (C=O) groups excluding carboxylic acids is 2. The number of anilines is 1. The predicted molar refractivity (Wildman–Crippen MR) is 120 cm³/mol. The number of hydrogen-bond acceptors (Lipinski definition) is 6. The van der Waals surface area contributed by atoms with Crippen LogP contribution in [0.15, 0.2) is 89.4 Å². The van der Waals surface area contributed by atoms with E-state index in [2.05, 4.69) is 10.3 Å². The lowest BCUT2D eigenvalue weighted by Crippen LogP contribution is -2.29. The van der Waals surface area contributed by atoms with E-state index in [-0.39, 0.29) is 5.89 Å². The van der Waals surface area contributed by atoms with Gasteiger partial charge in [0.15, 0.2) is 11.7 Å². The average molecular weight is 428 g/mol. The zero-order valence-corrected chi connectivity index (χ0v) is 17.2. The number of rotatable bonds is 7. The highest BCUT2D eigenvalue weighted by Gasteiger charge is 2.17. The molecule has 0 saturated carbocycles. The Bertz CT molecular complexity index is 1210. The SMILES string of the molecule is CC(OC(=O)/C=C/c1nc2ccccc2o1)C(=O)Nc1ccc(Oc2ccccc2)cc1. The smallest absolute Gasteiger partial charge is 0.331 e. The van der Waals surface area contributed by atoms with E-state index in [1.807, 2.05) is 42.5 Å². The molecule has 1 atom stereocenters. The molecule has 0 saturated heterocycles. The zero-order valence-electron chi connectivity index (χ0n) is 17.2. The fourth-order valence-corrected chi connectivity index (χ4v) is 2.84. The number of para-hydroxylation sites is 3. The van der Waals surface area contributed by atoms with Crippen molar-refractivity contribution in [3.05, 3.63) is 90.8 Å². The molecule has 160 valence electrons. The van der Waals surface area contributed by atoms with Crippen LogP contribution >= 0.6 is 0 Å². The summed E-state index contributed by atoms with van der Waals surface area (Å²) in [4.78, 5) is 28.6. The van der Waals surface area contributed by atoms with Crippen LogP contribution in [0.2, 0.25) is 0 Å². The summed E-state index contributed by atoms with van der Waals surface area (Å²) in [5.74, 6) is 0.499. The summed E-state index contributed by atoms with van der Waals surface area (Å²) >= 11 is 0. The van der Waals surface area contributed by atoms with Gasteiger partial charge in [-0.25, -0.2) is 9.78 Å². The number of ether oxygens (including phenoxy) is 2. The second-order valence-corrected chi connectivity index (χ2v) is 6.86. The molecule has 0 aliphatic heterocycles. The fourth-order valence-electron chi connectivity index (χ4n) is 2.84. The van der Waals surface area contributed by atoms with Gasteiger partial charge in [0.05, 0.1) is 0 Å². The number of benzene rings is 3. The number of hydrogen-bond donors (Lipinski definition) is 1. The summed E-state index contributed by atoms with van der Waals surface area (Å²) in [6.45, 7) is 1.49. The molecule has 1 heterocycles. The van der Waals surface area contributed by atoms with Gasteiger partial charge in [0.2, 0.25) is 5.89 Å². The van der Waals surface area contributed by atoms with Gasteiger partial charge >= 0.3 is 5.97 Å². The number of carbonyl (C=O) groups is 2. The monoisotopic (exact) mass is 428 g/mol. The number of aromatic nitrogens is 1. The first-order valence-corrected chi connectivity index (χ1v) is 9.95. The standard InChI is InChI=1S/C25H20N2O5/c1-17(30-24(28)16-15-23-27-21-9-5-6-10-22(21)32-23)25(29)26-18-11-13-20(14-12-18)31-19-7-3-2-4-8-19/h2-17H,1H3,(H,26,29)/b16-15+. The second kappa shape index (κ2) is 9.61. The number of fused-ring (bicyclic) bond motifs is 1. The summed E-state index contributed by atoms with van der Waals surface area (Å²) in [7, 11) is 0. The van der Waals surface area contributed by atoms with Crippen LogP contribution < -0.4 is 10.1 Å².